The van der Waals surface area contributed by atoms with Crippen molar-refractivity contribution in [3.05, 3.63) is 22.7 Å². The molecule has 2 amide bonds. The predicted molar refractivity (Wildman–Crippen MR) is 64.9 cm³/mol. The third-order valence-electron chi connectivity index (χ3n) is 1.88. The van der Waals surface area contributed by atoms with Crippen molar-refractivity contribution < 1.29 is 14.3 Å². The third-order valence-corrected chi connectivity index (χ3v) is 2.21. The summed E-state index contributed by atoms with van der Waals surface area (Å²) in [6.45, 7) is 0. The van der Waals surface area contributed by atoms with E-state index >= 15 is 0 Å². The number of hydrazone groups is 1. The van der Waals surface area contributed by atoms with Gasteiger partial charge in [0.2, 0.25) is 0 Å². The molecule has 6 nitrogen and oxygen atoms in total. The molecule has 0 saturated heterocycles. The van der Waals surface area contributed by atoms with Gasteiger partial charge >= 0.3 is 6.03 Å². The number of halogens is 1. The van der Waals surface area contributed by atoms with E-state index in [1.165, 1.54) is 20.4 Å². The minimum Gasteiger partial charge on any atom is -0.493 e. The van der Waals surface area contributed by atoms with Gasteiger partial charge in [0.1, 0.15) is 0 Å². The van der Waals surface area contributed by atoms with Crippen LogP contribution in [0.25, 0.3) is 0 Å². The summed E-state index contributed by atoms with van der Waals surface area (Å²) < 4.78 is 10.2. The lowest BCUT2D eigenvalue weighted by molar-refractivity contribution is 0.249. The van der Waals surface area contributed by atoms with Gasteiger partial charge in [-0.15, -0.1) is 0 Å². The molecular formula is C10H12ClN3O3. The van der Waals surface area contributed by atoms with Gasteiger partial charge in [-0.3, -0.25) is 0 Å². The molecule has 0 aliphatic rings. The lowest BCUT2D eigenvalue weighted by atomic mass is 10.2. The fraction of sp³-hybridized carbons (Fsp3) is 0.200. The Morgan fingerprint density at radius 1 is 1.41 bits per heavy atom. The summed E-state index contributed by atoms with van der Waals surface area (Å²) in [5, 5.41) is 4.02. The van der Waals surface area contributed by atoms with Crippen molar-refractivity contribution in [2.24, 2.45) is 10.8 Å². The van der Waals surface area contributed by atoms with Crippen LogP contribution in [0.2, 0.25) is 5.02 Å². The maximum Gasteiger partial charge on any atom is 0.332 e. The molecule has 3 N–H and O–H groups in total. The highest BCUT2D eigenvalue weighted by Gasteiger charge is 2.08. The minimum absolute atomic E-state index is 0.415. The standard InChI is InChI=1S/C10H12ClN3O3/c1-16-8-3-6(5-13-14-10(12)15)7(11)4-9(8)17-2/h3-5H,1-2H3,(H3,12,14,15)/b13-5-. The highest BCUT2D eigenvalue weighted by atomic mass is 35.5. The number of nitrogens with two attached hydrogens (primary N) is 1. The summed E-state index contributed by atoms with van der Waals surface area (Å²) >= 11 is 5.98. The maximum absolute atomic E-state index is 10.4. The predicted octanol–water partition coefficient (Wildman–Crippen LogP) is 1.36. The first-order valence-corrected chi connectivity index (χ1v) is 4.96. The molecular weight excluding hydrogens is 246 g/mol. The van der Waals surface area contributed by atoms with Crippen LogP contribution in [0.15, 0.2) is 17.2 Å². The number of nitrogens with one attached hydrogen (secondary N) is 1. The fourth-order valence-electron chi connectivity index (χ4n) is 1.13. The van der Waals surface area contributed by atoms with E-state index in [1.54, 1.807) is 12.1 Å². The molecule has 0 unspecified atom stereocenters. The number of benzene rings is 1. The molecule has 0 aromatic heterocycles. The second-order valence-electron chi connectivity index (χ2n) is 2.96. The summed E-state index contributed by atoms with van der Waals surface area (Å²) in [5.41, 5.74) is 7.49. The highest BCUT2D eigenvalue weighted by Crippen LogP contribution is 2.32. The van der Waals surface area contributed by atoms with Crippen LogP contribution in [0.5, 0.6) is 11.5 Å². The van der Waals surface area contributed by atoms with Crippen LogP contribution in [-0.4, -0.2) is 26.5 Å². The van der Waals surface area contributed by atoms with Crippen molar-refractivity contribution >= 4 is 23.8 Å². The first-order valence-electron chi connectivity index (χ1n) is 4.58. The van der Waals surface area contributed by atoms with Crippen LogP contribution in [-0.2, 0) is 0 Å². The molecule has 1 aromatic rings. The van der Waals surface area contributed by atoms with Gasteiger partial charge in [0.15, 0.2) is 11.5 Å². The molecule has 0 fully saturated rings. The zero-order valence-corrected chi connectivity index (χ0v) is 10.1. The van der Waals surface area contributed by atoms with Crippen LogP contribution < -0.4 is 20.6 Å². The number of methoxy groups -OCH3 is 2. The molecule has 0 bridgehead atoms. The lowest BCUT2D eigenvalue weighted by Crippen LogP contribution is -2.24. The Bertz CT molecular complexity index is 449. The number of rotatable bonds is 4. The molecule has 0 radical (unpaired) electrons. The Kier molecular flexibility index (Phi) is 4.59. The number of primary amides is 1. The van der Waals surface area contributed by atoms with E-state index in [-0.39, 0.29) is 0 Å². The Hall–Kier alpha value is -1.95. The molecule has 1 rings (SSSR count). The van der Waals surface area contributed by atoms with Crippen LogP contribution >= 0.6 is 11.6 Å². The van der Waals surface area contributed by atoms with E-state index in [4.69, 9.17) is 26.8 Å². The number of hydrogen-bond acceptors (Lipinski definition) is 4. The third kappa shape index (κ3) is 3.53. The Balaban J connectivity index is 3.00. The van der Waals surface area contributed by atoms with Crippen LogP contribution in [0.3, 0.4) is 0 Å². The molecule has 17 heavy (non-hydrogen) atoms. The van der Waals surface area contributed by atoms with Gasteiger partial charge < -0.3 is 15.2 Å². The van der Waals surface area contributed by atoms with Crippen molar-refractivity contribution in [2.45, 2.75) is 0 Å². The van der Waals surface area contributed by atoms with Gasteiger partial charge in [-0.2, -0.15) is 5.10 Å². The molecule has 0 aliphatic carbocycles. The summed E-state index contributed by atoms with van der Waals surface area (Å²) in [6, 6.07) is 2.47. The van der Waals surface area contributed by atoms with Crippen molar-refractivity contribution in [3.8, 4) is 11.5 Å². The summed E-state index contributed by atoms with van der Waals surface area (Å²) in [7, 11) is 3.02. The molecule has 0 aliphatic heterocycles. The van der Waals surface area contributed by atoms with Crippen molar-refractivity contribution in [2.75, 3.05) is 14.2 Å². The second-order valence-corrected chi connectivity index (χ2v) is 3.37. The molecule has 0 atom stereocenters. The van der Waals surface area contributed by atoms with E-state index in [9.17, 15) is 4.79 Å². The largest absolute Gasteiger partial charge is 0.493 e. The number of urea groups is 1. The minimum atomic E-state index is -0.752. The Labute approximate surface area is 103 Å². The topological polar surface area (TPSA) is 85.9 Å². The number of carbonyl (C=O) groups is 1. The monoisotopic (exact) mass is 257 g/mol. The van der Waals surface area contributed by atoms with Crippen molar-refractivity contribution in [1.29, 1.82) is 0 Å². The van der Waals surface area contributed by atoms with Crippen LogP contribution in [0.4, 0.5) is 4.79 Å². The van der Waals surface area contributed by atoms with Crippen LogP contribution in [0.1, 0.15) is 5.56 Å². The Morgan fingerprint density at radius 2 is 2.00 bits per heavy atom. The highest BCUT2D eigenvalue weighted by molar-refractivity contribution is 6.33. The van der Waals surface area contributed by atoms with Crippen molar-refractivity contribution in [1.82, 2.24) is 5.43 Å². The first-order chi connectivity index (χ1) is 8.08. The van der Waals surface area contributed by atoms with E-state index < -0.39 is 6.03 Å². The number of ether oxygens (including phenoxy) is 2. The van der Waals surface area contributed by atoms with Gasteiger partial charge in [-0.1, -0.05) is 11.6 Å². The average molecular weight is 258 g/mol. The molecule has 0 spiro atoms. The summed E-state index contributed by atoms with van der Waals surface area (Å²) in [5.74, 6) is 1.02. The summed E-state index contributed by atoms with van der Waals surface area (Å²) in [4.78, 5) is 10.4. The molecule has 0 heterocycles. The number of hydrogen-bond donors (Lipinski definition) is 2. The van der Waals surface area contributed by atoms with Crippen LogP contribution in [0, 0.1) is 0 Å². The molecule has 1 aromatic carbocycles. The smallest absolute Gasteiger partial charge is 0.332 e. The lowest BCUT2D eigenvalue weighted by Gasteiger charge is -2.09. The van der Waals surface area contributed by atoms with Gasteiger partial charge in [0.05, 0.1) is 25.5 Å². The quantitative estimate of drug-likeness (QED) is 0.631. The first kappa shape index (κ1) is 13.1. The zero-order chi connectivity index (χ0) is 12.8. The van der Waals surface area contributed by atoms with E-state index in [2.05, 4.69) is 10.5 Å². The molecule has 0 saturated carbocycles. The van der Waals surface area contributed by atoms with Gasteiger partial charge in [0, 0.05) is 11.6 Å². The molecule has 7 heteroatoms. The van der Waals surface area contributed by atoms with Gasteiger partial charge in [0.25, 0.3) is 0 Å². The Morgan fingerprint density at radius 3 is 2.53 bits per heavy atom. The average Bonchev–Trinajstić information content (AvgIpc) is 2.30. The second kappa shape index (κ2) is 5.95. The van der Waals surface area contributed by atoms with E-state index in [1.807, 2.05) is 0 Å². The number of amides is 2. The summed E-state index contributed by atoms with van der Waals surface area (Å²) in [6.07, 6.45) is 1.36. The fourth-order valence-corrected chi connectivity index (χ4v) is 1.34. The zero-order valence-electron chi connectivity index (χ0n) is 9.36. The number of nitrogens with zero attached hydrogens (tertiary/aromatic N) is 1. The van der Waals surface area contributed by atoms with Crippen molar-refractivity contribution in [3.63, 3.8) is 0 Å². The van der Waals surface area contributed by atoms with E-state index in [0.717, 1.165) is 0 Å². The molecule has 92 valence electrons. The SMILES string of the molecule is COc1cc(Cl)c(/C=N\NC(N)=O)cc1OC. The number of carbonyl (C=O) groups excluding carboxylic acids is 1. The maximum atomic E-state index is 10.4. The van der Waals surface area contributed by atoms with Gasteiger partial charge in [-0.25, -0.2) is 10.2 Å². The van der Waals surface area contributed by atoms with Gasteiger partial charge in [-0.05, 0) is 6.07 Å². The normalized spacial score (nSPS) is 10.3. The van der Waals surface area contributed by atoms with E-state index in [0.29, 0.717) is 22.1 Å².